The molecule has 2 rings (SSSR count). The maximum Gasteiger partial charge on any atom is 0.418 e. The van der Waals surface area contributed by atoms with E-state index in [0.717, 1.165) is 11.6 Å². The Labute approximate surface area is 125 Å². The van der Waals surface area contributed by atoms with Crippen LogP contribution < -0.4 is 10.1 Å². The molecule has 0 fully saturated rings. The third-order valence-electron chi connectivity index (χ3n) is 2.93. The van der Waals surface area contributed by atoms with E-state index in [0.29, 0.717) is 10.8 Å². The molecule has 0 spiro atoms. The summed E-state index contributed by atoms with van der Waals surface area (Å²) >= 11 is 5.98. The first kappa shape index (κ1) is 15.5. The van der Waals surface area contributed by atoms with Crippen molar-refractivity contribution in [3.63, 3.8) is 0 Å². The van der Waals surface area contributed by atoms with Gasteiger partial charge in [-0.2, -0.15) is 13.2 Å². The Bertz CT molecular complexity index is 629. The molecule has 0 saturated heterocycles. The van der Waals surface area contributed by atoms with Crippen LogP contribution in [-0.4, -0.2) is 7.11 Å². The van der Waals surface area contributed by atoms with Crippen molar-refractivity contribution in [1.29, 1.82) is 0 Å². The molecule has 2 aromatic carbocycles. The largest absolute Gasteiger partial charge is 0.495 e. The Morgan fingerprint density at radius 3 is 2.48 bits per heavy atom. The Morgan fingerprint density at radius 1 is 1.14 bits per heavy atom. The van der Waals surface area contributed by atoms with E-state index < -0.39 is 11.7 Å². The molecule has 2 aromatic rings. The number of hydrogen-bond acceptors (Lipinski definition) is 2. The van der Waals surface area contributed by atoms with Gasteiger partial charge in [0, 0.05) is 12.2 Å². The lowest BCUT2D eigenvalue weighted by molar-refractivity contribution is -0.136. The summed E-state index contributed by atoms with van der Waals surface area (Å²) in [4.78, 5) is 0. The lowest BCUT2D eigenvalue weighted by Crippen LogP contribution is -2.10. The molecule has 112 valence electrons. The van der Waals surface area contributed by atoms with Gasteiger partial charge in [0.05, 0.1) is 17.7 Å². The predicted molar refractivity (Wildman–Crippen MR) is 76.8 cm³/mol. The summed E-state index contributed by atoms with van der Waals surface area (Å²) in [5, 5.41) is 3.20. The lowest BCUT2D eigenvalue weighted by Gasteiger charge is -2.14. The minimum absolute atomic E-state index is 0.0388. The zero-order valence-corrected chi connectivity index (χ0v) is 11.9. The van der Waals surface area contributed by atoms with Crippen molar-refractivity contribution in [2.75, 3.05) is 12.4 Å². The summed E-state index contributed by atoms with van der Waals surface area (Å²) in [5.74, 6) is 0.524. The lowest BCUT2D eigenvalue weighted by atomic mass is 10.1. The maximum absolute atomic E-state index is 12.9. The van der Waals surface area contributed by atoms with E-state index >= 15 is 0 Å². The second kappa shape index (κ2) is 6.26. The van der Waals surface area contributed by atoms with Gasteiger partial charge in [-0.05, 0) is 29.8 Å². The highest BCUT2D eigenvalue weighted by Gasteiger charge is 2.32. The number of ether oxygens (including phenoxy) is 1. The third-order valence-corrected chi connectivity index (χ3v) is 3.23. The minimum atomic E-state index is -4.39. The van der Waals surface area contributed by atoms with E-state index in [4.69, 9.17) is 16.3 Å². The molecule has 0 unspecified atom stereocenters. The summed E-state index contributed by atoms with van der Waals surface area (Å²) in [7, 11) is 1.50. The summed E-state index contributed by atoms with van der Waals surface area (Å²) < 4.78 is 43.6. The van der Waals surface area contributed by atoms with Crippen LogP contribution >= 0.6 is 11.6 Å². The van der Waals surface area contributed by atoms with Gasteiger partial charge < -0.3 is 10.1 Å². The quantitative estimate of drug-likeness (QED) is 0.859. The van der Waals surface area contributed by atoms with Gasteiger partial charge in [0.2, 0.25) is 0 Å². The molecule has 0 heterocycles. The SMILES string of the molecule is COc1ccc(CNc2ccccc2C(F)(F)F)cc1Cl. The van der Waals surface area contributed by atoms with Crippen LogP contribution in [0.15, 0.2) is 42.5 Å². The van der Waals surface area contributed by atoms with Gasteiger partial charge in [-0.3, -0.25) is 0 Å². The van der Waals surface area contributed by atoms with Crippen molar-refractivity contribution < 1.29 is 17.9 Å². The number of para-hydroxylation sites is 1. The maximum atomic E-state index is 12.9. The van der Waals surface area contributed by atoms with E-state index in [1.807, 2.05) is 0 Å². The number of benzene rings is 2. The Kier molecular flexibility index (Phi) is 4.63. The highest BCUT2D eigenvalue weighted by molar-refractivity contribution is 6.32. The van der Waals surface area contributed by atoms with Crippen LogP contribution in [-0.2, 0) is 12.7 Å². The van der Waals surface area contributed by atoms with Gasteiger partial charge in [-0.1, -0.05) is 29.8 Å². The fraction of sp³-hybridized carbons (Fsp3) is 0.200. The Morgan fingerprint density at radius 2 is 1.86 bits per heavy atom. The van der Waals surface area contributed by atoms with E-state index in [9.17, 15) is 13.2 Å². The molecule has 0 aliphatic rings. The molecule has 21 heavy (non-hydrogen) atoms. The van der Waals surface area contributed by atoms with Crippen molar-refractivity contribution in [1.82, 2.24) is 0 Å². The molecule has 2 nitrogen and oxygen atoms in total. The Balaban J connectivity index is 2.15. The third kappa shape index (κ3) is 3.82. The monoisotopic (exact) mass is 315 g/mol. The van der Waals surface area contributed by atoms with Gasteiger partial charge in [-0.15, -0.1) is 0 Å². The van der Waals surface area contributed by atoms with Crippen molar-refractivity contribution in [3.05, 3.63) is 58.6 Å². The standard InChI is InChI=1S/C15H13ClF3NO/c1-21-14-7-6-10(8-12(14)16)9-20-13-5-3-2-4-11(13)15(17,18)19/h2-8,20H,9H2,1H3. The molecular weight excluding hydrogens is 303 g/mol. The summed E-state index contributed by atoms with van der Waals surface area (Å²) in [5.41, 5.74) is 0.110. The number of rotatable bonds is 4. The number of hydrogen-bond donors (Lipinski definition) is 1. The van der Waals surface area contributed by atoms with Crippen LogP contribution in [0.3, 0.4) is 0 Å². The van der Waals surface area contributed by atoms with Gasteiger partial charge in [-0.25, -0.2) is 0 Å². The van der Waals surface area contributed by atoms with Crippen LogP contribution in [0.4, 0.5) is 18.9 Å². The zero-order valence-electron chi connectivity index (χ0n) is 11.2. The molecule has 0 aliphatic carbocycles. The van der Waals surface area contributed by atoms with Crippen LogP contribution in [0.1, 0.15) is 11.1 Å². The predicted octanol–water partition coefficient (Wildman–Crippen LogP) is 4.98. The zero-order chi connectivity index (χ0) is 15.5. The molecule has 0 amide bonds. The van der Waals surface area contributed by atoms with Crippen molar-refractivity contribution in [2.45, 2.75) is 12.7 Å². The van der Waals surface area contributed by atoms with E-state index in [2.05, 4.69) is 5.32 Å². The van der Waals surface area contributed by atoms with Gasteiger partial charge in [0.15, 0.2) is 0 Å². The number of methoxy groups -OCH3 is 1. The summed E-state index contributed by atoms with van der Waals surface area (Å²) in [6.07, 6.45) is -4.39. The van der Waals surface area contributed by atoms with E-state index in [1.165, 1.54) is 19.2 Å². The fourth-order valence-electron chi connectivity index (χ4n) is 1.90. The van der Waals surface area contributed by atoms with E-state index in [1.54, 1.807) is 24.3 Å². The average Bonchev–Trinajstić information content (AvgIpc) is 2.44. The van der Waals surface area contributed by atoms with Gasteiger partial charge in [0.25, 0.3) is 0 Å². The van der Waals surface area contributed by atoms with Gasteiger partial charge >= 0.3 is 6.18 Å². The molecule has 0 aliphatic heterocycles. The Hall–Kier alpha value is -1.88. The van der Waals surface area contributed by atoms with Crippen LogP contribution in [0.25, 0.3) is 0 Å². The topological polar surface area (TPSA) is 21.3 Å². The molecule has 0 atom stereocenters. The second-order valence-corrected chi connectivity index (χ2v) is 4.77. The van der Waals surface area contributed by atoms with Gasteiger partial charge in [0.1, 0.15) is 5.75 Å². The average molecular weight is 316 g/mol. The number of halogens is 4. The van der Waals surface area contributed by atoms with Crippen LogP contribution in [0.2, 0.25) is 5.02 Å². The smallest absolute Gasteiger partial charge is 0.418 e. The first-order valence-electron chi connectivity index (χ1n) is 6.14. The van der Waals surface area contributed by atoms with E-state index in [-0.39, 0.29) is 12.2 Å². The fourth-order valence-corrected chi connectivity index (χ4v) is 2.18. The number of nitrogens with one attached hydrogen (secondary N) is 1. The van der Waals surface area contributed by atoms with Crippen molar-refractivity contribution in [2.24, 2.45) is 0 Å². The molecule has 1 N–H and O–H groups in total. The highest BCUT2D eigenvalue weighted by Crippen LogP contribution is 2.35. The molecule has 0 aromatic heterocycles. The van der Waals surface area contributed by atoms with Crippen molar-refractivity contribution in [3.8, 4) is 5.75 Å². The molecule has 0 bridgehead atoms. The summed E-state index contributed by atoms with van der Waals surface area (Å²) in [6, 6.07) is 10.4. The first-order valence-corrected chi connectivity index (χ1v) is 6.52. The minimum Gasteiger partial charge on any atom is -0.495 e. The molecular formula is C15H13ClF3NO. The normalized spacial score (nSPS) is 11.3. The van der Waals surface area contributed by atoms with Crippen LogP contribution in [0, 0.1) is 0 Å². The second-order valence-electron chi connectivity index (χ2n) is 4.37. The highest BCUT2D eigenvalue weighted by atomic mass is 35.5. The molecule has 0 radical (unpaired) electrons. The van der Waals surface area contributed by atoms with Crippen LogP contribution in [0.5, 0.6) is 5.75 Å². The molecule has 0 saturated carbocycles. The first-order chi connectivity index (χ1) is 9.91. The van der Waals surface area contributed by atoms with Crippen molar-refractivity contribution >= 4 is 17.3 Å². The summed E-state index contributed by atoms with van der Waals surface area (Å²) in [6.45, 7) is 0.233. The number of alkyl halides is 3. The number of anilines is 1. The molecule has 6 heteroatoms.